The summed E-state index contributed by atoms with van der Waals surface area (Å²) in [6, 6.07) is 12.0. The molecule has 0 aromatic heterocycles. The van der Waals surface area contributed by atoms with Gasteiger partial charge in [0.25, 0.3) is 16.0 Å². The zero-order chi connectivity index (χ0) is 24.3. The van der Waals surface area contributed by atoms with Gasteiger partial charge >= 0.3 is 11.9 Å². The van der Waals surface area contributed by atoms with Gasteiger partial charge in [0.05, 0.1) is 17.4 Å². The van der Waals surface area contributed by atoms with E-state index >= 15 is 0 Å². The highest BCUT2D eigenvalue weighted by molar-refractivity contribution is 7.85. The van der Waals surface area contributed by atoms with Crippen molar-refractivity contribution >= 4 is 39.6 Å². The maximum absolute atomic E-state index is 12.1. The zero-order valence-corrected chi connectivity index (χ0v) is 17.9. The molecule has 0 saturated heterocycles. The van der Waals surface area contributed by atoms with E-state index in [1.54, 1.807) is 12.1 Å². The molecule has 0 spiro atoms. The summed E-state index contributed by atoms with van der Waals surface area (Å²) in [6.45, 7) is -0.374. The Morgan fingerprint density at radius 3 is 1.94 bits per heavy atom. The Balaban J connectivity index is 0.000000920. The van der Waals surface area contributed by atoms with E-state index in [0.717, 1.165) is 0 Å². The molecule has 1 amide bonds. The summed E-state index contributed by atoms with van der Waals surface area (Å²) in [7, 11) is -2.23. The van der Waals surface area contributed by atoms with Crippen LogP contribution in [0.15, 0.2) is 48.5 Å². The number of nitrogens with one attached hydrogen (secondary N) is 3. The van der Waals surface area contributed by atoms with Gasteiger partial charge in [-0.3, -0.25) is 14.8 Å². The minimum atomic E-state index is -3.67. The van der Waals surface area contributed by atoms with Gasteiger partial charge in [-0.2, -0.15) is 8.42 Å². The number of anilines is 1. The Morgan fingerprint density at radius 1 is 1.00 bits per heavy atom. The predicted octanol–water partition coefficient (Wildman–Crippen LogP) is 0.618. The molecule has 2 aromatic carbocycles. The minimum Gasteiger partial charge on any atom is -0.452 e. The highest BCUT2D eigenvalue weighted by Gasteiger charge is 2.12. The summed E-state index contributed by atoms with van der Waals surface area (Å²) in [6.07, 6.45) is 0.715. The highest BCUT2D eigenvalue weighted by Crippen LogP contribution is 2.16. The lowest BCUT2D eigenvalue weighted by molar-refractivity contribution is -0.123. The predicted molar refractivity (Wildman–Crippen MR) is 115 cm³/mol. The number of carbonyl (C=O) groups is 3. The topological polar surface area (TPSA) is 198 Å². The number of amides is 1. The van der Waals surface area contributed by atoms with Crippen molar-refractivity contribution in [3.63, 3.8) is 0 Å². The second-order valence-corrected chi connectivity index (χ2v) is 7.48. The van der Waals surface area contributed by atoms with E-state index in [0.29, 0.717) is 17.5 Å². The third kappa shape index (κ3) is 10.7. The fourth-order valence-electron chi connectivity index (χ4n) is 1.96. The third-order valence-electron chi connectivity index (χ3n) is 3.31. The van der Waals surface area contributed by atoms with Gasteiger partial charge in [0.15, 0.2) is 12.6 Å². The number of benzene rings is 2. The monoisotopic (exact) mass is 466 g/mol. The van der Waals surface area contributed by atoms with Crippen molar-refractivity contribution in [1.29, 1.82) is 5.41 Å². The van der Waals surface area contributed by atoms with Crippen molar-refractivity contribution in [1.82, 2.24) is 5.32 Å². The number of guanidine groups is 1. The van der Waals surface area contributed by atoms with Crippen molar-refractivity contribution in [3.05, 3.63) is 59.7 Å². The Bertz CT molecular complexity index is 1060. The van der Waals surface area contributed by atoms with Gasteiger partial charge < -0.3 is 25.8 Å². The van der Waals surface area contributed by atoms with E-state index in [9.17, 15) is 22.8 Å². The molecule has 0 radical (unpaired) electrons. The molecule has 0 saturated carbocycles. The van der Waals surface area contributed by atoms with Crippen molar-refractivity contribution in [2.24, 2.45) is 5.73 Å². The Morgan fingerprint density at radius 2 is 1.47 bits per heavy atom. The van der Waals surface area contributed by atoms with Crippen LogP contribution in [0.2, 0.25) is 0 Å². The van der Waals surface area contributed by atoms with Gasteiger partial charge in [-0.15, -0.1) is 0 Å². The first-order valence-corrected chi connectivity index (χ1v) is 10.6. The van der Waals surface area contributed by atoms with Crippen LogP contribution in [-0.4, -0.2) is 56.7 Å². The number of rotatable bonds is 6. The number of hydrogen-bond acceptors (Lipinski definition) is 8. The number of nitrogens with two attached hydrogens (primary N) is 1. The van der Waals surface area contributed by atoms with Crippen LogP contribution in [-0.2, 0) is 19.6 Å². The molecule has 0 aliphatic carbocycles. The fourth-order valence-corrected chi connectivity index (χ4v) is 1.96. The van der Waals surface area contributed by atoms with E-state index in [-0.39, 0.29) is 23.9 Å². The van der Waals surface area contributed by atoms with E-state index < -0.39 is 28.0 Å². The second-order valence-electron chi connectivity index (χ2n) is 6.01. The summed E-state index contributed by atoms with van der Waals surface area (Å²) < 4.78 is 35.9. The van der Waals surface area contributed by atoms with E-state index in [1.807, 2.05) is 0 Å². The van der Waals surface area contributed by atoms with Gasteiger partial charge in [0, 0.05) is 12.7 Å². The quantitative estimate of drug-likeness (QED) is 0.132. The van der Waals surface area contributed by atoms with Crippen LogP contribution < -0.4 is 21.1 Å². The molecule has 0 unspecified atom stereocenters. The first-order chi connectivity index (χ1) is 14.9. The molecule has 12 nitrogen and oxygen atoms in total. The molecule has 0 atom stereocenters. The third-order valence-corrected chi connectivity index (χ3v) is 3.31. The lowest BCUT2D eigenvalue weighted by Crippen LogP contribution is -2.25. The average Bonchev–Trinajstić information content (AvgIpc) is 2.71. The lowest BCUT2D eigenvalue weighted by Gasteiger charge is -2.07. The van der Waals surface area contributed by atoms with E-state index in [1.165, 1.54) is 43.4 Å². The average molecular weight is 466 g/mol. The van der Waals surface area contributed by atoms with Crippen LogP contribution >= 0.6 is 0 Å². The Kier molecular flexibility index (Phi) is 9.79. The molecule has 2 rings (SSSR count). The molecule has 0 heterocycles. The minimum absolute atomic E-state index is 0.209. The number of carbonyl (C=O) groups excluding carboxylic acids is 3. The maximum Gasteiger partial charge on any atom is 0.343 e. The molecule has 2 aromatic rings. The molecule has 0 aliphatic rings. The molecular formula is C19H22N4O8S. The second kappa shape index (κ2) is 12.0. The molecule has 172 valence electrons. The number of ether oxygens (including phenoxy) is 2. The summed E-state index contributed by atoms with van der Waals surface area (Å²) in [5.74, 6) is -1.63. The fraction of sp³-hybridized carbons (Fsp3) is 0.158. The summed E-state index contributed by atoms with van der Waals surface area (Å²) in [5.41, 5.74) is 6.32. The lowest BCUT2D eigenvalue weighted by atomic mass is 10.2. The van der Waals surface area contributed by atoms with Crippen LogP contribution in [0.1, 0.15) is 20.7 Å². The van der Waals surface area contributed by atoms with Crippen molar-refractivity contribution in [2.45, 2.75) is 0 Å². The Labute approximate surface area is 184 Å². The van der Waals surface area contributed by atoms with Crippen LogP contribution in [0.25, 0.3) is 0 Å². The zero-order valence-electron chi connectivity index (χ0n) is 17.1. The SMILES string of the molecule is CNC(=O)COC(=O)c1ccc(OC(=O)c2ccc(NC(=N)N)cc2)cc1.CS(=O)(=O)O. The smallest absolute Gasteiger partial charge is 0.343 e. The van der Waals surface area contributed by atoms with Gasteiger partial charge in [-0.25, -0.2) is 9.59 Å². The largest absolute Gasteiger partial charge is 0.452 e. The highest BCUT2D eigenvalue weighted by atomic mass is 32.2. The standard InChI is InChI=1S/C18H18N4O5.CH4O3S/c1-21-15(23)10-26-16(24)11-4-8-14(9-5-11)27-17(25)12-2-6-13(7-3-12)22-18(19)20;1-5(2,3)4/h2-9H,10H2,1H3,(H,21,23)(H4,19,20,22);1H3,(H,2,3,4). The van der Waals surface area contributed by atoms with Crippen molar-refractivity contribution in [3.8, 4) is 5.75 Å². The summed E-state index contributed by atoms with van der Waals surface area (Å²) in [4.78, 5) is 35.0. The molecule has 0 fully saturated rings. The summed E-state index contributed by atoms with van der Waals surface area (Å²) >= 11 is 0. The maximum atomic E-state index is 12.1. The number of hydrogen-bond donors (Lipinski definition) is 5. The number of likely N-dealkylation sites (N-methyl/N-ethyl adjacent to an activating group) is 1. The van der Waals surface area contributed by atoms with Gasteiger partial charge in [-0.1, -0.05) is 0 Å². The van der Waals surface area contributed by atoms with Crippen LogP contribution in [0.4, 0.5) is 5.69 Å². The summed E-state index contributed by atoms with van der Waals surface area (Å²) in [5, 5.41) is 12.1. The van der Waals surface area contributed by atoms with Crippen molar-refractivity contribution in [2.75, 3.05) is 25.2 Å². The molecule has 0 bridgehead atoms. The molecular weight excluding hydrogens is 444 g/mol. The van der Waals surface area contributed by atoms with Gasteiger partial charge in [0.1, 0.15) is 5.75 Å². The molecule has 0 aliphatic heterocycles. The van der Waals surface area contributed by atoms with Gasteiger partial charge in [-0.05, 0) is 48.5 Å². The van der Waals surface area contributed by atoms with Gasteiger partial charge in [0.2, 0.25) is 0 Å². The van der Waals surface area contributed by atoms with Crippen LogP contribution in [0.3, 0.4) is 0 Å². The first-order valence-electron chi connectivity index (χ1n) is 8.72. The van der Waals surface area contributed by atoms with Crippen LogP contribution in [0, 0.1) is 5.41 Å². The molecule has 13 heteroatoms. The number of esters is 2. The first kappa shape index (κ1) is 26.1. The normalized spacial score (nSPS) is 10.1. The van der Waals surface area contributed by atoms with Crippen LogP contribution in [0.5, 0.6) is 5.75 Å². The van der Waals surface area contributed by atoms with Crippen molar-refractivity contribution < 1.29 is 36.8 Å². The molecule has 32 heavy (non-hydrogen) atoms. The molecule has 6 N–H and O–H groups in total. The van der Waals surface area contributed by atoms with E-state index in [2.05, 4.69) is 10.6 Å². The Hall–Kier alpha value is -3.97. The van der Waals surface area contributed by atoms with E-state index in [4.69, 9.17) is 25.2 Å².